The molecule has 1 fully saturated rings. The average Bonchev–Trinajstić information content (AvgIpc) is 3.09. The molecular formula is C13H21FN5O10P3. The quantitative estimate of drug-likeness (QED) is 0.313. The highest BCUT2D eigenvalue weighted by Crippen LogP contribution is 2.66. The van der Waals surface area contributed by atoms with Gasteiger partial charge in [0, 0.05) is 0 Å². The number of phosphoric ester groups is 1. The van der Waals surface area contributed by atoms with Crippen LogP contribution in [0.1, 0.15) is 26.3 Å². The van der Waals surface area contributed by atoms with Crippen molar-refractivity contribution in [3.63, 3.8) is 0 Å². The van der Waals surface area contributed by atoms with Gasteiger partial charge in [-0.15, -0.1) is 0 Å². The molecule has 0 bridgehead atoms. The lowest BCUT2D eigenvalue weighted by Gasteiger charge is -2.27. The zero-order valence-electron chi connectivity index (χ0n) is 16.6. The molecule has 180 valence electrons. The maximum atomic E-state index is 15.5. The first-order valence-corrected chi connectivity index (χ1v) is 13.4. The number of fused-ring (bicyclic) bond motifs is 1. The van der Waals surface area contributed by atoms with Gasteiger partial charge in [-0.05, 0) is 25.2 Å². The molecule has 19 heteroatoms. The van der Waals surface area contributed by atoms with Crippen LogP contribution in [0.15, 0.2) is 12.7 Å². The number of imidazole rings is 1. The number of aromatic nitrogens is 4. The van der Waals surface area contributed by atoms with Gasteiger partial charge in [-0.1, -0.05) is 6.92 Å². The van der Waals surface area contributed by atoms with Crippen molar-refractivity contribution in [3.8, 4) is 0 Å². The summed E-state index contributed by atoms with van der Waals surface area (Å²) in [6.45, 7) is 2.41. The van der Waals surface area contributed by atoms with E-state index in [0.29, 0.717) is 5.65 Å². The van der Waals surface area contributed by atoms with Crippen molar-refractivity contribution >= 4 is 40.4 Å². The second-order valence-electron chi connectivity index (χ2n) is 7.52. The van der Waals surface area contributed by atoms with Crippen LogP contribution >= 0.6 is 23.5 Å². The Morgan fingerprint density at radius 2 is 1.84 bits per heavy atom. The first-order valence-electron chi connectivity index (χ1n) is 8.92. The minimum Gasteiger partial charge on any atom is -0.382 e. The fourth-order valence-electron chi connectivity index (χ4n) is 3.95. The predicted octanol–water partition coefficient (Wildman–Crippen LogP) is 1.68. The summed E-state index contributed by atoms with van der Waals surface area (Å²) < 4.78 is 63.1. The molecule has 2 aromatic rings. The molecule has 1 saturated carbocycles. The lowest BCUT2D eigenvalue weighted by atomic mass is 9.95. The summed E-state index contributed by atoms with van der Waals surface area (Å²) in [4.78, 5) is 48.0. The van der Waals surface area contributed by atoms with Gasteiger partial charge in [-0.25, -0.2) is 33.0 Å². The number of phosphoric acid groups is 3. The number of hydrogen-bond acceptors (Lipinski definition) is 10. The van der Waals surface area contributed by atoms with Crippen molar-refractivity contribution in [1.29, 1.82) is 0 Å². The number of halogens is 1. The monoisotopic (exact) mass is 519 g/mol. The van der Waals surface area contributed by atoms with Crippen LogP contribution in [0.2, 0.25) is 0 Å². The third-order valence-electron chi connectivity index (χ3n) is 5.07. The SMILES string of the molecule is C[C@@H]1[C@H](COP(=O)(O)OP(=O)(O)OP(=O)(O)O)C[C@@](C)(F)[C@@H]1n1cnc2c(N)ncnc21. The first kappa shape index (κ1) is 25.3. The molecule has 0 saturated heterocycles. The van der Waals surface area contributed by atoms with Crippen molar-refractivity contribution in [3.05, 3.63) is 12.7 Å². The Balaban J connectivity index is 1.75. The molecule has 6 atom stereocenters. The van der Waals surface area contributed by atoms with E-state index in [1.807, 2.05) is 0 Å². The highest BCUT2D eigenvalue weighted by Gasteiger charge is 2.52. The molecule has 6 N–H and O–H groups in total. The molecule has 0 amide bonds. The summed E-state index contributed by atoms with van der Waals surface area (Å²) >= 11 is 0. The van der Waals surface area contributed by atoms with E-state index in [1.54, 1.807) is 6.92 Å². The van der Waals surface area contributed by atoms with Crippen LogP contribution in [0.25, 0.3) is 11.2 Å². The molecular weight excluding hydrogens is 498 g/mol. The highest BCUT2D eigenvalue weighted by atomic mass is 31.3. The molecule has 2 heterocycles. The van der Waals surface area contributed by atoms with Gasteiger partial charge in [0.1, 0.15) is 17.5 Å². The van der Waals surface area contributed by atoms with Crippen LogP contribution in [0.5, 0.6) is 0 Å². The number of nitrogens with two attached hydrogens (primary N) is 1. The Morgan fingerprint density at radius 3 is 2.47 bits per heavy atom. The van der Waals surface area contributed by atoms with Gasteiger partial charge in [-0.3, -0.25) is 4.52 Å². The Morgan fingerprint density at radius 1 is 1.19 bits per heavy atom. The largest absolute Gasteiger partial charge is 0.490 e. The molecule has 1 aliphatic rings. The Labute approximate surface area is 180 Å². The molecule has 0 aliphatic heterocycles. The van der Waals surface area contributed by atoms with Gasteiger partial charge in [-0.2, -0.15) is 8.62 Å². The third-order valence-corrected chi connectivity index (χ3v) is 8.88. The minimum absolute atomic E-state index is 0.115. The zero-order chi connectivity index (χ0) is 24.1. The number of anilines is 1. The van der Waals surface area contributed by atoms with Crippen LogP contribution < -0.4 is 5.73 Å². The van der Waals surface area contributed by atoms with Crippen LogP contribution in [0, 0.1) is 11.8 Å². The van der Waals surface area contributed by atoms with E-state index >= 15 is 4.39 Å². The van der Waals surface area contributed by atoms with E-state index in [-0.39, 0.29) is 17.8 Å². The number of nitrogens with zero attached hydrogens (tertiary/aromatic N) is 4. The number of alkyl halides is 1. The van der Waals surface area contributed by atoms with Gasteiger partial charge >= 0.3 is 23.5 Å². The number of nitrogen functional groups attached to an aromatic ring is 1. The van der Waals surface area contributed by atoms with E-state index in [0.717, 1.165) is 0 Å². The van der Waals surface area contributed by atoms with Crippen LogP contribution in [-0.2, 0) is 26.8 Å². The van der Waals surface area contributed by atoms with Crippen LogP contribution in [-0.4, -0.2) is 51.4 Å². The molecule has 0 radical (unpaired) electrons. The summed E-state index contributed by atoms with van der Waals surface area (Å²) in [6.07, 6.45) is 2.44. The summed E-state index contributed by atoms with van der Waals surface area (Å²) in [5, 5.41) is 0. The number of hydrogen-bond donors (Lipinski definition) is 5. The molecule has 3 rings (SSSR count). The average molecular weight is 519 g/mol. The van der Waals surface area contributed by atoms with E-state index in [4.69, 9.17) is 15.5 Å². The topological polar surface area (TPSA) is 229 Å². The highest BCUT2D eigenvalue weighted by molar-refractivity contribution is 7.66. The molecule has 1 aliphatic carbocycles. The predicted molar refractivity (Wildman–Crippen MR) is 105 cm³/mol. The fraction of sp³-hybridized carbons (Fsp3) is 0.615. The summed E-state index contributed by atoms with van der Waals surface area (Å²) in [7, 11) is -16.4. The molecule has 32 heavy (non-hydrogen) atoms. The van der Waals surface area contributed by atoms with E-state index < -0.39 is 53.6 Å². The van der Waals surface area contributed by atoms with E-state index in [9.17, 15) is 23.5 Å². The summed E-state index contributed by atoms with van der Waals surface area (Å²) in [6, 6.07) is -0.823. The number of rotatable bonds is 8. The molecule has 2 aromatic heterocycles. The minimum atomic E-state index is -5.64. The standard InChI is InChI=1S/C13H21FN5O10P3/c1-7-8(4-27-31(23,24)29-32(25,26)28-30(20,21)22)3-13(2,14)10(7)19-6-18-9-11(15)16-5-17-12(9)19/h5-8,10H,3-4H2,1-2H3,(H,23,24)(H,25,26)(H2,15,16,17)(H2,20,21,22)/t7-,8+,10-,13-/m1/s1. The second-order valence-corrected chi connectivity index (χ2v) is 11.9. The zero-order valence-corrected chi connectivity index (χ0v) is 19.3. The molecule has 15 nitrogen and oxygen atoms in total. The molecule has 2 unspecified atom stereocenters. The summed E-state index contributed by atoms with van der Waals surface area (Å²) in [5.74, 6) is -1.06. The smallest absolute Gasteiger partial charge is 0.382 e. The Hall–Kier alpha value is -1.31. The third kappa shape index (κ3) is 5.60. The van der Waals surface area contributed by atoms with Crippen molar-refractivity contribution in [1.82, 2.24) is 19.5 Å². The van der Waals surface area contributed by atoms with Gasteiger partial charge in [0.2, 0.25) is 0 Å². The molecule has 0 spiro atoms. The van der Waals surface area contributed by atoms with Gasteiger partial charge < -0.3 is 29.9 Å². The maximum Gasteiger partial charge on any atom is 0.490 e. The van der Waals surface area contributed by atoms with Gasteiger partial charge in [0.15, 0.2) is 11.5 Å². The second kappa shape index (κ2) is 8.48. The van der Waals surface area contributed by atoms with Crippen molar-refractivity contribution in [2.45, 2.75) is 32.0 Å². The van der Waals surface area contributed by atoms with Gasteiger partial charge in [0.25, 0.3) is 0 Å². The van der Waals surface area contributed by atoms with Crippen molar-refractivity contribution < 1.29 is 50.8 Å². The van der Waals surface area contributed by atoms with Crippen LogP contribution in [0.4, 0.5) is 10.2 Å². The normalized spacial score (nSPS) is 30.3. The first-order chi connectivity index (χ1) is 14.5. The van der Waals surface area contributed by atoms with E-state index in [1.165, 1.54) is 24.1 Å². The lowest BCUT2D eigenvalue weighted by Crippen LogP contribution is -2.29. The molecule has 0 aromatic carbocycles. The van der Waals surface area contributed by atoms with Crippen molar-refractivity contribution in [2.24, 2.45) is 11.8 Å². The van der Waals surface area contributed by atoms with Crippen molar-refractivity contribution in [2.75, 3.05) is 12.3 Å². The Bertz CT molecular complexity index is 1150. The maximum absolute atomic E-state index is 15.5. The fourth-order valence-corrected chi connectivity index (χ4v) is 7.02. The Kier molecular flexibility index (Phi) is 6.71. The lowest BCUT2D eigenvalue weighted by molar-refractivity contribution is 0.124. The summed E-state index contributed by atoms with van der Waals surface area (Å²) in [5.41, 5.74) is 4.51. The van der Waals surface area contributed by atoms with Gasteiger partial charge in [0.05, 0.1) is 19.0 Å². The van der Waals surface area contributed by atoms with E-state index in [2.05, 4.69) is 28.1 Å². The van der Waals surface area contributed by atoms with Crippen LogP contribution in [0.3, 0.4) is 0 Å².